The Morgan fingerprint density at radius 2 is 1.76 bits per heavy atom. The van der Waals surface area contributed by atoms with Crippen LogP contribution < -0.4 is 0 Å². The van der Waals surface area contributed by atoms with Crippen LogP contribution in [0.15, 0.2) is 52.6 Å². The number of sulfonamides is 1. The number of carbonyl (C=O) groups is 1. The molecule has 1 saturated heterocycles. The number of allylic oxidation sites excluding steroid dienone is 2. The van der Waals surface area contributed by atoms with Gasteiger partial charge in [0.05, 0.1) is 10.4 Å². The van der Waals surface area contributed by atoms with Crippen molar-refractivity contribution >= 4 is 15.8 Å². The predicted octanol–water partition coefficient (Wildman–Crippen LogP) is 4.03. The van der Waals surface area contributed by atoms with Crippen LogP contribution >= 0.6 is 0 Å². The van der Waals surface area contributed by atoms with Gasteiger partial charge in [-0.05, 0) is 76.8 Å². The molecule has 4 rings (SSSR count). The maximum Gasteiger partial charge on any atom is 0.243 e. The number of piperidine rings is 1. The zero-order valence-electron chi connectivity index (χ0n) is 19.9. The zero-order chi connectivity index (χ0) is 23.6. The summed E-state index contributed by atoms with van der Waals surface area (Å²) >= 11 is 0. The molecule has 0 amide bonds. The highest BCUT2D eigenvalue weighted by molar-refractivity contribution is 7.89. The molecule has 2 fully saturated rings. The normalized spacial score (nSPS) is 22.2. The van der Waals surface area contributed by atoms with E-state index in [4.69, 9.17) is 4.74 Å². The molecule has 0 aromatic heterocycles. The van der Waals surface area contributed by atoms with Gasteiger partial charge in [0.15, 0.2) is 5.78 Å². The molecule has 2 aliphatic carbocycles. The summed E-state index contributed by atoms with van der Waals surface area (Å²) in [6, 6.07) is 6.82. The van der Waals surface area contributed by atoms with Gasteiger partial charge < -0.3 is 9.64 Å². The molecule has 1 radical (unpaired) electrons. The van der Waals surface area contributed by atoms with Crippen molar-refractivity contribution in [3.63, 3.8) is 0 Å². The summed E-state index contributed by atoms with van der Waals surface area (Å²) in [4.78, 5) is 16.4. The minimum Gasteiger partial charge on any atom is -0.491 e. The molecule has 0 N–H and O–H groups in total. The summed E-state index contributed by atoms with van der Waals surface area (Å²) < 4.78 is 34.5. The fraction of sp³-hybridized carbons (Fsp3) is 0.538. The van der Waals surface area contributed by atoms with Crippen molar-refractivity contribution in [2.24, 2.45) is 0 Å². The van der Waals surface area contributed by atoms with E-state index < -0.39 is 15.6 Å². The van der Waals surface area contributed by atoms with E-state index in [0.29, 0.717) is 24.8 Å². The molecule has 1 heterocycles. The molecule has 1 saturated carbocycles. The molecular formula is C26H35N2O4S. The van der Waals surface area contributed by atoms with Crippen LogP contribution in [0.4, 0.5) is 0 Å². The van der Waals surface area contributed by atoms with Gasteiger partial charge in [-0.25, -0.2) is 8.42 Å². The first kappa shape index (κ1) is 24.2. The van der Waals surface area contributed by atoms with Crippen LogP contribution in [0.5, 0.6) is 0 Å². The maximum atomic E-state index is 13.9. The highest BCUT2D eigenvalue weighted by Crippen LogP contribution is 2.41. The molecule has 1 aromatic carbocycles. The van der Waals surface area contributed by atoms with Gasteiger partial charge >= 0.3 is 0 Å². The zero-order valence-corrected chi connectivity index (χ0v) is 20.7. The van der Waals surface area contributed by atoms with Gasteiger partial charge in [-0.1, -0.05) is 30.5 Å². The van der Waals surface area contributed by atoms with Crippen molar-refractivity contribution in [2.45, 2.75) is 68.4 Å². The molecule has 0 spiro atoms. The third-order valence-corrected chi connectivity index (χ3v) is 9.26. The quantitative estimate of drug-likeness (QED) is 0.601. The monoisotopic (exact) mass is 471 g/mol. The van der Waals surface area contributed by atoms with Crippen LogP contribution in [-0.2, 0) is 19.6 Å². The number of hydrogen-bond donors (Lipinski definition) is 0. The third-order valence-electron chi connectivity index (χ3n) is 7.32. The first-order valence-corrected chi connectivity index (χ1v) is 13.4. The fourth-order valence-electron chi connectivity index (χ4n) is 5.12. The number of rotatable bonds is 7. The molecule has 6 nitrogen and oxygen atoms in total. The van der Waals surface area contributed by atoms with E-state index in [0.717, 1.165) is 50.1 Å². The lowest BCUT2D eigenvalue weighted by atomic mass is 9.84. The van der Waals surface area contributed by atoms with Gasteiger partial charge in [0.1, 0.15) is 11.9 Å². The Balaban J connectivity index is 1.57. The van der Waals surface area contributed by atoms with E-state index in [1.165, 1.54) is 4.31 Å². The molecule has 7 heteroatoms. The number of nitrogens with zero attached hydrogens (tertiary/aromatic N) is 2. The number of likely N-dealkylation sites (N-methyl/N-ethyl adjacent to an activating group) is 1. The SMILES string of the molecule is Cc1ccc(S(=O)(=O)N(C)C2(C(=O)C3=CC(OC4CCN(C)CC4)=CC[CH]3)CCCC2)cc1. The van der Waals surface area contributed by atoms with Crippen molar-refractivity contribution in [2.75, 3.05) is 27.2 Å². The largest absolute Gasteiger partial charge is 0.491 e. The molecule has 33 heavy (non-hydrogen) atoms. The minimum absolute atomic E-state index is 0.115. The molecular weight excluding hydrogens is 436 g/mol. The topological polar surface area (TPSA) is 66.9 Å². The predicted molar refractivity (Wildman–Crippen MR) is 129 cm³/mol. The van der Waals surface area contributed by atoms with Crippen LogP contribution in [0.2, 0.25) is 0 Å². The minimum atomic E-state index is -3.80. The molecule has 0 bridgehead atoms. The van der Waals surface area contributed by atoms with Crippen LogP contribution in [0.3, 0.4) is 0 Å². The lowest BCUT2D eigenvalue weighted by molar-refractivity contribution is -0.123. The maximum absolute atomic E-state index is 13.9. The number of aryl methyl sites for hydroxylation is 1. The number of ether oxygens (including phenoxy) is 1. The molecule has 0 unspecified atom stereocenters. The highest BCUT2D eigenvalue weighted by Gasteiger charge is 2.50. The van der Waals surface area contributed by atoms with Crippen LogP contribution in [-0.4, -0.2) is 62.2 Å². The molecule has 3 aliphatic rings. The third kappa shape index (κ3) is 4.96. The van der Waals surface area contributed by atoms with Gasteiger partial charge in [-0.3, -0.25) is 4.79 Å². The van der Waals surface area contributed by atoms with Crippen LogP contribution in [0.25, 0.3) is 0 Å². The average Bonchev–Trinajstić information content (AvgIpc) is 3.31. The lowest BCUT2D eigenvalue weighted by Gasteiger charge is -2.37. The standard InChI is InChI=1S/C26H35N2O4S/c1-20-9-11-24(12-10-20)33(30,31)28(3)26(15-4-5-16-26)25(29)21-7-6-8-23(19-21)32-22-13-17-27(2)18-14-22/h7-12,19,22H,4-6,13-18H2,1-3H3. The summed E-state index contributed by atoms with van der Waals surface area (Å²) in [6.45, 7) is 3.93. The Morgan fingerprint density at radius 1 is 1.12 bits per heavy atom. The van der Waals surface area contributed by atoms with Crippen molar-refractivity contribution in [3.8, 4) is 0 Å². The van der Waals surface area contributed by atoms with E-state index in [2.05, 4.69) is 11.9 Å². The highest BCUT2D eigenvalue weighted by atomic mass is 32.2. The van der Waals surface area contributed by atoms with Crippen molar-refractivity contribution < 1.29 is 17.9 Å². The van der Waals surface area contributed by atoms with Gasteiger partial charge in [-0.15, -0.1) is 0 Å². The first-order chi connectivity index (χ1) is 15.7. The Bertz CT molecular complexity index is 1030. The van der Waals surface area contributed by atoms with Crippen molar-refractivity contribution in [1.29, 1.82) is 0 Å². The summed E-state index contributed by atoms with van der Waals surface area (Å²) in [5, 5.41) is 0. The lowest BCUT2D eigenvalue weighted by Crippen LogP contribution is -2.54. The number of ketones is 1. The summed E-state index contributed by atoms with van der Waals surface area (Å²) in [6.07, 6.45) is 11.2. The molecule has 0 atom stereocenters. The number of Topliss-reactive ketones (excluding diaryl/α,β-unsaturated/α-hetero) is 1. The summed E-state index contributed by atoms with van der Waals surface area (Å²) in [5.41, 5.74) is 0.504. The number of hydrogen-bond acceptors (Lipinski definition) is 5. The number of likely N-dealkylation sites (tertiary alicyclic amines) is 1. The molecule has 179 valence electrons. The second-order valence-corrected chi connectivity index (χ2v) is 11.6. The molecule has 1 aliphatic heterocycles. The summed E-state index contributed by atoms with van der Waals surface area (Å²) in [7, 11) is -0.124. The van der Waals surface area contributed by atoms with Gasteiger partial charge in [0.2, 0.25) is 10.0 Å². The van der Waals surface area contributed by atoms with Crippen LogP contribution in [0.1, 0.15) is 50.5 Å². The van der Waals surface area contributed by atoms with Crippen molar-refractivity contribution in [1.82, 2.24) is 9.21 Å². The molecule has 1 aromatic rings. The summed E-state index contributed by atoms with van der Waals surface area (Å²) in [5.74, 6) is 0.614. The van der Waals surface area contributed by atoms with Gasteiger partial charge in [0, 0.05) is 25.7 Å². The van der Waals surface area contributed by atoms with E-state index in [9.17, 15) is 13.2 Å². The van der Waals surface area contributed by atoms with E-state index >= 15 is 0 Å². The second kappa shape index (κ2) is 9.72. The Kier molecular flexibility index (Phi) is 7.12. The van der Waals surface area contributed by atoms with Gasteiger partial charge in [0.25, 0.3) is 0 Å². The van der Waals surface area contributed by atoms with E-state index in [-0.39, 0.29) is 16.8 Å². The average molecular weight is 472 g/mol. The Hall–Kier alpha value is -1.96. The van der Waals surface area contributed by atoms with E-state index in [1.54, 1.807) is 31.3 Å². The second-order valence-electron chi connectivity index (χ2n) is 9.62. The van der Waals surface area contributed by atoms with Crippen LogP contribution in [0, 0.1) is 13.3 Å². The number of carbonyl (C=O) groups excluding carboxylic acids is 1. The number of benzene rings is 1. The Morgan fingerprint density at radius 3 is 2.39 bits per heavy atom. The van der Waals surface area contributed by atoms with Gasteiger partial charge in [-0.2, -0.15) is 4.31 Å². The van der Waals surface area contributed by atoms with E-state index in [1.807, 2.05) is 25.5 Å². The smallest absolute Gasteiger partial charge is 0.243 e. The Labute approximate surface area is 198 Å². The fourth-order valence-corrected chi connectivity index (χ4v) is 6.64. The van der Waals surface area contributed by atoms with Crippen molar-refractivity contribution in [3.05, 3.63) is 59.7 Å². The first-order valence-electron chi connectivity index (χ1n) is 11.9.